The first-order chi connectivity index (χ1) is 17.5. The Morgan fingerprint density at radius 3 is 2.64 bits per heavy atom. The van der Waals surface area contributed by atoms with E-state index in [1.807, 2.05) is 54.7 Å². The fraction of sp³-hybridized carbons (Fsp3) is 0.143. The van der Waals surface area contributed by atoms with Gasteiger partial charge in [0.05, 0.1) is 12.1 Å². The second-order valence-electron chi connectivity index (χ2n) is 7.95. The monoisotopic (exact) mass is 519 g/mol. The number of aromatic amines is 1. The Morgan fingerprint density at radius 1 is 1.08 bits per heavy atom. The molecule has 3 aromatic carbocycles. The minimum Gasteiger partial charge on any atom is -0.493 e. The number of rotatable bonds is 9. The molecule has 2 N–H and O–H groups in total. The smallest absolute Gasteiger partial charge is 0.261 e. The highest BCUT2D eigenvalue weighted by Gasteiger charge is 2.15. The Labute approximate surface area is 219 Å². The first-order valence-electron chi connectivity index (χ1n) is 11.2. The van der Waals surface area contributed by atoms with Crippen LogP contribution in [-0.4, -0.2) is 24.5 Å². The van der Waals surface area contributed by atoms with Crippen LogP contribution >= 0.6 is 23.2 Å². The van der Waals surface area contributed by atoms with Crippen LogP contribution in [0.15, 0.2) is 72.4 Å². The number of benzene rings is 3. The van der Waals surface area contributed by atoms with Gasteiger partial charge in [0.2, 0.25) is 0 Å². The Hall–Kier alpha value is -3.92. The minimum atomic E-state index is -0.466. The van der Waals surface area contributed by atoms with Gasteiger partial charge in [0.1, 0.15) is 18.2 Å². The van der Waals surface area contributed by atoms with Gasteiger partial charge in [-0.2, -0.15) is 5.26 Å². The molecule has 0 radical (unpaired) electrons. The van der Waals surface area contributed by atoms with E-state index in [9.17, 15) is 10.1 Å². The van der Waals surface area contributed by atoms with E-state index in [-0.39, 0.29) is 17.2 Å². The summed E-state index contributed by atoms with van der Waals surface area (Å²) in [5.41, 5.74) is 3.43. The van der Waals surface area contributed by atoms with E-state index in [1.165, 1.54) is 13.2 Å². The Bertz CT molecular complexity index is 1470. The van der Waals surface area contributed by atoms with E-state index in [0.29, 0.717) is 35.1 Å². The van der Waals surface area contributed by atoms with E-state index >= 15 is 0 Å². The van der Waals surface area contributed by atoms with Crippen molar-refractivity contribution in [1.82, 2.24) is 10.3 Å². The highest BCUT2D eigenvalue weighted by atomic mass is 35.5. The lowest BCUT2D eigenvalue weighted by atomic mass is 10.1. The average molecular weight is 520 g/mol. The zero-order valence-corrected chi connectivity index (χ0v) is 21.0. The Balaban J connectivity index is 1.44. The standard InChI is InChI=1S/C28H23Cl2N3O3/c1-35-26-14-18(13-24(30)27(26)36-17-20-6-2-4-8-23(20)29)12-21(15-31)28(34)32-11-10-19-16-33-25-9-5-3-7-22(19)25/h2-9,12-14,16,33H,10-11,17H2,1H3,(H,32,34)/b21-12-. The molecule has 0 atom stereocenters. The minimum absolute atomic E-state index is 0.0446. The van der Waals surface area contributed by atoms with Crippen molar-refractivity contribution in [3.8, 4) is 17.6 Å². The highest BCUT2D eigenvalue weighted by Crippen LogP contribution is 2.38. The van der Waals surface area contributed by atoms with E-state index in [0.717, 1.165) is 22.0 Å². The van der Waals surface area contributed by atoms with E-state index < -0.39 is 5.91 Å². The van der Waals surface area contributed by atoms with E-state index in [1.54, 1.807) is 18.2 Å². The summed E-state index contributed by atoms with van der Waals surface area (Å²) in [7, 11) is 1.49. The van der Waals surface area contributed by atoms with Crippen LogP contribution in [-0.2, 0) is 17.8 Å². The summed E-state index contributed by atoms with van der Waals surface area (Å²) in [5, 5.41) is 14.4. The maximum atomic E-state index is 12.7. The van der Waals surface area contributed by atoms with Gasteiger partial charge in [0.25, 0.3) is 5.91 Å². The van der Waals surface area contributed by atoms with Crippen molar-refractivity contribution >= 4 is 46.1 Å². The van der Waals surface area contributed by atoms with Crippen LogP contribution in [0.1, 0.15) is 16.7 Å². The molecule has 0 fully saturated rings. The largest absolute Gasteiger partial charge is 0.493 e. The summed E-state index contributed by atoms with van der Waals surface area (Å²) in [4.78, 5) is 15.9. The quantitative estimate of drug-likeness (QED) is 0.200. The van der Waals surface area contributed by atoms with Crippen LogP contribution in [0.4, 0.5) is 0 Å². The summed E-state index contributed by atoms with van der Waals surface area (Å²) in [6.07, 6.45) is 4.03. The number of aromatic nitrogens is 1. The summed E-state index contributed by atoms with van der Waals surface area (Å²) >= 11 is 12.7. The number of fused-ring (bicyclic) bond motifs is 1. The SMILES string of the molecule is COc1cc(/C=C(/C#N)C(=O)NCCc2c[nH]c3ccccc23)cc(Cl)c1OCc1ccccc1Cl. The van der Waals surface area contributed by atoms with Gasteiger partial charge in [-0.1, -0.05) is 59.6 Å². The lowest BCUT2D eigenvalue weighted by Gasteiger charge is -2.14. The van der Waals surface area contributed by atoms with Gasteiger partial charge in [-0.05, 0) is 47.9 Å². The number of nitriles is 1. The number of hydrogen-bond acceptors (Lipinski definition) is 4. The van der Waals surface area contributed by atoms with Gasteiger partial charge < -0.3 is 19.8 Å². The fourth-order valence-corrected chi connectivity index (χ4v) is 4.25. The van der Waals surface area contributed by atoms with Gasteiger partial charge >= 0.3 is 0 Å². The third-order valence-corrected chi connectivity index (χ3v) is 6.26. The summed E-state index contributed by atoms with van der Waals surface area (Å²) in [6.45, 7) is 0.589. The number of carbonyl (C=O) groups excluding carboxylic acids is 1. The Kier molecular flexibility index (Phi) is 8.17. The molecule has 4 aromatic rings. The van der Waals surface area contributed by atoms with Crippen molar-refractivity contribution in [2.24, 2.45) is 0 Å². The summed E-state index contributed by atoms with van der Waals surface area (Å²) < 4.78 is 11.3. The molecule has 182 valence electrons. The topological polar surface area (TPSA) is 87.1 Å². The van der Waals surface area contributed by atoms with Crippen LogP contribution < -0.4 is 14.8 Å². The molecule has 0 aliphatic carbocycles. The van der Waals surface area contributed by atoms with E-state index in [2.05, 4.69) is 10.3 Å². The molecule has 0 saturated carbocycles. The molecule has 1 heterocycles. The van der Waals surface area contributed by atoms with Crippen LogP contribution in [0.3, 0.4) is 0 Å². The summed E-state index contributed by atoms with van der Waals surface area (Å²) in [6, 6.07) is 20.5. The molecule has 0 saturated heterocycles. The number of carbonyl (C=O) groups is 1. The number of ether oxygens (including phenoxy) is 2. The van der Waals surface area contributed by atoms with Crippen LogP contribution in [0.5, 0.6) is 11.5 Å². The third kappa shape index (κ3) is 5.83. The molecule has 0 aliphatic heterocycles. The second-order valence-corrected chi connectivity index (χ2v) is 8.76. The van der Waals surface area contributed by atoms with Crippen molar-refractivity contribution in [3.63, 3.8) is 0 Å². The number of nitrogens with one attached hydrogen (secondary N) is 2. The lowest BCUT2D eigenvalue weighted by Crippen LogP contribution is -2.26. The third-order valence-electron chi connectivity index (χ3n) is 5.61. The van der Waals surface area contributed by atoms with Crippen molar-refractivity contribution in [2.75, 3.05) is 13.7 Å². The van der Waals surface area contributed by atoms with Gasteiger partial charge in [0.15, 0.2) is 11.5 Å². The maximum absolute atomic E-state index is 12.7. The first kappa shape index (κ1) is 25.2. The second kappa shape index (κ2) is 11.7. The number of halogens is 2. The van der Waals surface area contributed by atoms with Crippen molar-refractivity contribution in [2.45, 2.75) is 13.0 Å². The van der Waals surface area contributed by atoms with Gasteiger partial charge in [-0.25, -0.2) is 0 Å². The molecular weight excluding hydrogens is 497 g/mol. The molecule has 0 unspecified atom stereocenters. The Morgan fingerprint density at radius 2 is 1.86 bits per heavy atom. The molecular formula is C28H23Cl2N3O3. The van der Waals surface area contributed by atoms with Crippen molar-refractivity contribution in [1.29, 1.82) is 5.26 Å². The van der Waals surface area contributed by atoms with Gasteiger partial charge in [-0.15, -0.1) is 0 Å². The molecule has 1 aromatic heterocycles. The molecule has 8 heteroatoms. The molecule has 0 aliphatic rings. The van der Waals surface area contributed by atoms with Gasteiger partial charge in [0, 0.05) is 34.2 Å². The lowest BCUT2D eigenvalue weighted by molar-refractivity contribution is -0.117. The first-order valence-corrected chi connectivity index (χ1v) is 11.9. The average Bonchev–Trinajstić information content (AvgIpc) is 3.30. The molecule has 4 rings (SSSR count). The molecule has 0 bridgehead atoms. The molecule has 6 nitrogen and oxygen atoms in total. The van der Waals surface area contributed by atoms with Crippen LogP contribution in [0.25, 0.3) is 17.0 Å². The van der Waals surface area contributed by atoms with Crippen molar-refractivity contribution in [3.05, 3.63) is 99.2 Å². The number of para-hydroxylation sites is 1. The number of amides is 1. The number of H-pyrrole nitrogens is 1. The highest BCUT2D eigenvalue weighted by molar-refractivity contribution is 6.32. The normalized spacial score (nSPS) is 11.2. The van der Waals surface area contributed by atoms with Crippen LogP contribution in [0.2, 0.25) is 10.0 Å². The number of nitrogens with zero attached hydrogens (tertiary/aromatic N) is 1. The number of hydrogen-bond donors (Lipinski definition) is 2. The van der Waals surface area contributed by atoms with Crippen molar-refractivity contribution < 1.29 is 14.3 Å². The molecule has 0 spiro atoms. The molecule has 36 heavy (non-hydrogen) atoms. The zero-order valence-electron chi connectivity index (χ0n) is 19.5. The fourth-order valence-electron chi connectivity index (χ4n) is 3.79. The molecule has 1 amide bonds. The predicted octanol–water partition coefficient (Wildman–Crippen LogP) is 6.33. The van der Waals surface area contributed by atoms with E-state index in [4.69, 9.17) is 32.7 Å². The van der Waals surface area contributed by atoms with Crippen LogP contribution in [0, 0.1) is 11.3 Å². The maximum Gasteiger partial charge on any atom is 0.261 e. The number of methoxy groups -OCH3 is 1. The van der Waals surface area contributed by atoms with Gasteiger partial charge in [-0.3, -0.25) is 4.79 Å². The predicted molar refractivity (Wildman–Crippen MR) is 142 cm³/mol. The summed E-state index contributed by atoms with van der Waals surface area (Å²) in [5.74, 6) is 0.252. The zero-order chi connectivity index (χ0) is 25.5.